The first-order valence-corrected chi connectivity index (χ1v) is 8.05. The first kappa shape index (κ1) is 19.8. The lowest BCUT2D eigenvalue weighted by Gasteiger charge is -2.12. The summed E-state index contributed by atoms with van der Waals surface area (Å²) in [5.41, 5.74) is 6.50. The average molecular weight is 401 g/mol. The van der Waals surface area contributed by atoms with Crippen molar-refractivity contribution in [3.8, 4) is 34.2 Å². The molecule has 0 bridgehead atoms. The quantitative estimate of drug-likeness (QED) is 0.397. The highest BCUT2D eigenvalue weighted by Gasteiger charge is 2.41. The predicted octanol–water partition coefficient (Wildman–Crippen LogP) is 4.48. The molecule has 0 radical (unpaired) electrons. The maximum absolute atomic E-state index is 14.2. The third-order valence-corrected chi connectivity index (χ3v) is 3.90. The molecule has 0 fully saturated rings. The van der Waals surface area contributed by atoms with Crippen molar-refractivity contribution >= 4 is 11.8 Å². The fourth-order valence-electron chi connectivity index (χ4n) is 2.61. The smallest absolute Gasteiger partial charge is 0.420 e. The minimum absolute atomic E-state index is 0.0431. The number of alkyl halides is 3. The van der Waals surface area contributed by atoms with Gasteiger partial charge in [0.25, 0.3) is 0 Å². The lowest BCUT2D eigenvalue weighted by Crippen LogP contribution is -2.27. The fraction of sp³-hybridized carbons (Fsp3) is 0.0500. The van der Waals surface area contributed by atoms with E-state index < -0.39 is 18.0 Å². The summed E-state index contributed by atoms with van der Waals surface area (Å²) < 4.78 is 55.8. The van der Waals surface area contributed by atoms with Crippen LogP contribution in [0.4, 0.5) is 23.4 Å². The van der Waals surface area contributed by atoms with Gasteiger partial charge in [0.15, 0.2) is 0 Å². The molecule has 0 aliphatic heterocycles. The van der Waals surface area contributed by atoms with Gasteiger partial charge >= 0.3 is 12.1 Å². The van der Waals surface area contributed by atoms with Gasteiger partial charge in [-0.15, -0.1) is 0 Å². The summed E-state index contributed by atoms with van der Waals surface area (Å²) >= 11 is 0. The first-order valence-electron chi connectivity index (χ1n) is 8.05. The Kier molecular flexibility index (Phi) is 5.19. The van der Waals surface area contributed by atoms with Crippen LogP contribution >= 0.6 is 0 Å². The van der Waals surface area contributed by atoms with Crippen LogP contribution in [-0.4, -0.2) is 17.1 Å². The van der Waals surface area contributed by atoms with Gasteiger partial charge in [-0.3, -0.25) is 0 Å². The molecule has 1 heterocycles. The van der Waals surface area contributed by atoms with E-state index in [1.807, 2.05) is 6.07 Å². The van der Waals surface area contributed by atoms with Gasteiger partial charge in [-0.25, -0.2) is 14.2 Å². The van der Waals surface area contributed by atoms with Crippen molar-refractivity contribution in [1.82, 2.24) is 4.98 Å². The molecule has 2 aromatic carbocycles. The molecule has 29 heavy (non-hydrogen) atoms. The number of nitrogens with zero attached hydrogens (tertiary/aromatic N) is 2. The third kappa shape index (κ3) is 4.16. The lowest BCUT2D eigenvalue weighted by molar-refractivity contribution is -0.189. The normalized spacial score (nSPS) is 11.0. The SMILES string of the molecule is N#Cc1c(-c2ccccc2F)cc(-c2cccc(OC(=O)C(F)(F)F)c2)nc1N. The highest BCUT2D eigenvalue weighted by Crippen LogP contribution is 2.33. The monoisotopic (exact) mass is 401 g/mol. The zero-order valence-corrected chi connectivity index (χ0v) is 14.5. The number of hydrogen-bond donors (Lipinski definition) is 1. The number of hydrogen-bond acceptors (Lipinski definition) is 5. The number of carbonyl (C=O) groups excluding carboxylic acids is 1. The maximum atomic E-state index is 14.2. The number of anilines is 1. The van der Waals surface area contributed by atoms with Crippen molar-refractivity contribution in [2.75, 3.05) is 5.73 Å². The Hall–Kier alpha value is -3.93. The molecule has 0 atom stereocenters. The molecule has 0 spiro atoms. The van der Waals surface area contributed by atoms with E-state index in [0.29, 0.717) is 0 Å². The van der Waals surface area contributed by atoms with Crippen LogP contribution < -0.4 is 10.5 Å². The summed E-state index contributed by atoms with van der Waals surface area (Å²) in [5.74, 6) is -3.50. The second-order valence-corrected chi connectivity index (χ2v) is 5.82. The van der Waals surface area contributed by atoms with Crippen molar-refractivity contribution in [2.45, 2.75) is 6.18 Å². The number of halogens is 4. The number of benzene rings is 2. The average Bonchev–Trinajstić information content (AvgIpc) is 2.67. The molecule has 3 rings (SSSR count). The van der Waals surface area contributed by atoms with Crippen LogP contribution in [0.2, 0.25) is 0 Å². The summed E-state index contributed by atoms with van der Waals surface area (Å²) in [7, 11) is 0. The Labute approximate surface area is 162 Å². The molecular weight excluding hydrogens is 390 g/mol. The van der Waals surface area contributed by atoms with Gasteiger partial charge in [0.1, 0.15) is 29.0 Å². The fourth-order valence-corrected chi connectivity index (χ4v) is 2.61. The van der Waals surface area contributed by atoms with Crippen LogP contribution in [0.5, 0.6) is 5.75 Å². The second kappa shape index (κ2) is 7.59. The van der Waals surface area contributed by atoms with Crippen LogP contribution in [0.15, 0.2) is 54.6 Å². The molecule has 0 saturated heterocycles. The first-order chi connectivity index (χ1) is 13.7. The number of rotatable bonds is 3. The van der Waals surface area contributed by atoms with E-state index in [-0.39, 0.29) is 39.5 Å². The largest absolute Gasteiger partial charge is 0.491 e. The van der Waals surface area contributed by atoms with Crippen LogP contribution in [0.1, 0.15) is 5.56 Å². The summed E-state index contributed by atoms with van der Waals surface area (Å²) in [6.45, 7) is 0. The van der Waals surface area contributed by atoms with E-state index in [9.17, 15) is 27.6 Å². The third-order valence-electron chi connectivity index (χ3n) is 3.90. The van der Waals surface area contributed by atoms with E-state index in [0.717, 1.165) is 12.1 Å². The summed E-state index contributed by atoms with van der Waals surface area (Å²) in [6, 6.07) is 14.1. The molecule has 0 unspecified atom stereocenters. The Balaban J connectivity index is 2.09. The highest BCUT2D eigenvalue weighted by molar-refractivity contribution is 5.81. The number of nitrogens with two attached hydrogens (primary N) is 1. The van der Waals surface area contributed by atoms with Crippen molar-refractivity contribution in [1.29, 1.82) is 5.26 Å². The van der Waals surface area contributed by atoms with Crippen LogP contribution in [0.25, 0.3) is 22.4 Å². The van der Waals surface area contributed by atoms with Crippen LogP contribution in [-0.2, 0) is 4.79 Å². The Morgan fingerprint density at radius 2 is 1.79 bits per heavy atom. The zero-order chi connectivity index (χ0) is 21.2. The van der Waals surface area contributed by atoms with Crippen molar-refractivity contribution in [3.05, 3.63) is 66.0 Å². The minimum atomic E-state index is -5.15. The van der Waals surface area contributed by atoms with Crippen LogP contribution in [0, 0.1) is 17.1 Å². The molecule has 0 amide bonds. The topological polar surface area (TPSA) is 89.0 Å². The van der Waals surface area contributed by atoms with Gasteiger partial charge in [-0.1, -0.05) is 30.3 Å². The van der Waals surface area contributed by atoms with Crippen molar-refractivity contribution in [2.24, 2.45) is 0 Å². The second-order valence-electron chi connectivity index (χ2n) is 5.82. The van der Waals surface area contributed by atoms with Gasteiger partial charge in [0.05, 0.1) is 5.69 Å². The van der Waals surface area contributed by atoms with E-state index in [2.05, 4.69) is 9.72 Å². The number of ether oxygens (including phenoxy) is 1. The Bertz CT molecular complexity index is 1140. The predicted molar refractivity (Wildman–Crippen MR) is 95.9 cm³/mol. The Morgan fingerprint density at radius 1 is 1.07 bits per heavy atom. The molecule has 9 heteroatoms. The number of pyridine rings is 1. The van der Waals surface area contributed by atoms with Gasteiger partial charge in [-0.05, 0) is 24.3 Å². The van der Waals surface area contributed by atoms with Gasteiger partial charge in [0.2, 0.25) is 0 Å². The summed E-state index contributed by atoms with van der Waals surface area (Å²) in [4.78, 5) is 15.1. The van der Waals surface area contributed by atoms with E-state index in [4.69, 9.17) is 5.73 Å². The molecular formula is C20H11F4N3O2. The van der Waals surface area contributed by atoms with Crippen molar-refractivity contribution in [3.63, 3.8) is 0 Å². The standard InChI is InChI=1S/C20H11F4N3O2/c21-16-7-2-1-6-13(16)14-9-17(27-18(26)15(14)10-25)11-4-3-5-12(8-11)29-19(28)20(22,23)24/h1-9H,(H2,26,27). The van der Waals surface area contributed by atoms with E-state index in [1.165, 1.54) is 36.4 Å². The molecule has 0 saturated carbocycles. The molecule has 0 aliphatic carbocycles. The maximum Gasteiger partial charge on any atom is 0.491 e. The molecule has 2 N–H and O–H groups in total. The zero-order valence-electron chi connectivity index (χ0n) is 14.5. The Morgan fingerprint density at radius 3 is 2.45 bits per heavy atom. The molecule has 5 nitrogen and oxygen atoms in total. The minimum Gasteiger partial charge on any atom is -0.420 e. The number of aromatic nitrogens is 1. The number of carbonyl (C=O) groups is 1. The molecule has 1 aromatic heterocycles. The van der Waals surface area contributed by atoms with Crippen molar-refractivity contribution < 1.29 is 27.1 Å². The highest BCUT2D eigenvalue weighted by atomic mass is 19.4. The molecule has 146 valence electrons. The van der Waals surface area contributed by atoms with E-state index in [1.54, 1.807) is 6.07 Å². The summed E-state index contributed by atoms with van der Waals surface area (Å²) in [5, 5.41) is 9.38. The number of nitriles is 1. The molecule has 3 aromatic rings. The van der Waals surface area contributed by atoms with E-state index >= 15 is 0 Å². The van der Waals surface area contributed by atoms with Crippen LogP contribution in [0.3, 0.4) is 0 Å². The summed E-state index contributed by atoms with van der Waals surface area (Å²) in [6.07, 6.45) is -5.15. The van der Waals surface area contributed by atoms with Gasteiger partial charge in [0, 0.05) is 16.7 Å². The van der Waals surface area contributed by atoms with Gasteiger partial charge in [-0.2, -0.15) is 18.4 Å². The molecule has 0 aliphatic rings. The number of nitrogen functional groups attached to an aromatic ring is 1. The van der Waals surface area contributed by atoms with Gasteiger partial charge < -0.3 is 10.5 Å². The number of esters is 1. The lowest BCUT2D eigenvalue weighted by atomic mass is 9.98.